The minimum atomic E-state index is -0.841. The summed E-state index contributed by atoms with van der Waals surface area (Å²) in [5.74, 6) is 0.901. The maximum Gasteiger partial charge on any atom is 0.313 e. The van der Waals surface area contributed by atoms with Gasteiger partial charge in [0.1, 0.15) is 11.5 Å². The molecule has 2 N–H and O–H groups in total. The van der Waals surface area contributed by atoms with Gasteiger partial charge in [0.25, 0.3) is 0 Å². The van der Waals surface area contributed by atoms with E-state index in [2.05, 4.69) is 0 Å². The lowest BCUT2D eigenvalue weighted by Crippen LogP contribution is -2.37. The van der Waals surface area contributed by atoms with Crippen LogP contribution < -0.4 is 15.2 Å². The second kappa shape index (κ2) is 7.36. The van der Waals surface area contributed by atoms with E-state index >= 15 is 0 Å². The fraction of sp³-hybridized carbons (Fsp3) is 0.500. The molecule has 1 aromatic carbocycles. The van der Waals surface area contributed by atoms with E-state index < -0.39 is 11.5 Å². The molecule has 1 aromatic rings. The zero-order valence-corrected chi connectivity index (χ0v) is 13.2. The fourth-order valence-corrected chi connectivity index (χ4v) is 1.82. The van der Waals surface area contributed by atoms with E-state index in [1.54, 1.807) is 46.3 Å². The van der Waals surface area contributed by atoms with Crippen LogP contribution in [0, 0.1) is 5.41 Å². The van der Waals surface area contributed by atoms with Crippen LogP contribution in [0.1, 0.15) is 25.5 Å². The molecule has 0 bridgehead atoms. The second-order valence-corrected chi connectivity index (χ2v) is 4.84. The van der Waals surface area contributed by atoms with E-state index in [1.807, 2.05) is 0 Å². The molecule has 1 rings (SSSR count). The van der Waals surface area contributed by atoms with Gasteiger partial charge in [-0.25, -0.2) is 0 Å². The van der Waals surface area contributed by atoms with Crippen molar-refractivity contribution < 1.29 is 19.0 Å². The van der Waals surface area contributed by atoms with Crippen LogP contribution in [0.25, 0.3) is 0 Å². The molecule has 1 atom stereocenters. The number of hydrogen-bond acceptors (Lipinski definition) is 5. The minimum absolute atomic E-state index is 0. The number of methoxy groups -OCH3 is 3. The number of hydrogen-bond donors (Lipinski definition) is 1. The monoisotopic (exact) mass is 303 g/mol. The third-order valence-electron chi connectivity index (χ3n) is 3.22. The third kappa shape index (κ3) is 3.77. The van der Waals surface area contributed by atoms with Crippen molar-refractivity contribution in [1.82, 2.24) is 0 Å². The van der Waals surface area contributed by atoms with Crippen LogP contribution in [0.2, 0.25) is 0 Å². The summed E-state index contributed by atoms with van der Waals surface area (Å²) < 4.78 is 15.2. The van der Waals surface area contributed by atoms with Gasteiger partial charge >= 0.3 is 5.97 Å². The van der Waals surface area contributed by atoms with Crippen LogP contribution >= 0.6 is 12.4 Å². The molecule has 0 unspecified atom stereocenters. The number of carbonyl (C=O) groups excluding carboxylic acids is 1. The fourth-order valence-electron chi connectivity index (χ4n) is 1.82. The van der Waals surface area contributed by atoms with E-state index in [0.29, 0.717) is 11.5 Å². The Balaban J connectivity index is 0.00000361. The molecule has 0 spiro atoms. The first-order valence-corrected chi connectivity index (χ1v) is 5.93. The molecule has 6 heteroatoms. The Labute approximate surface area is 125 Å². The zero-order valence-electron chi connectivity index (χ0n) is 12.4. The minimum Gasteiger partial charge on any atom is -0.497 e. The summed E-state index contributed by atoms with van der Waals surface area (Å²) in [6.07, 6.45) is 0. The molecule has 0 aliphatic rings. The Morgan fingerprint density at radius 2 is 1.55 bits per heavy atom. The standard InChI is InChI=1S/C14H21NO4.ClH/c1-14(2,13(16)19-5)12(15)9-6-10(17-3)8-11(7-9)18-4;/h6-8,12H,15H2,1-5H3;1H/t12-;/m0./s1. The van der Waals surface area contributed by atoms with E-state index in [9.17, 15) is 4.79 Å². The van der Waals surface area contributed by atoms with Crippen LogP contribution in [0.5, 0.6) is 11.5 Å². The van der Waals surface area contributed by atoms with Gasteiger partial charge < -0.3 is 19.9 Å². The van der Waals surface area contributed by atoms with Crippen LogP contribution in [-0.2, 0) is 9.53 Å². The van der Waals surface area contributed by atoms with Gasteiger partial charge in [0.05, 0.1) is 26.7 Å². The summed E-state index contributed by atoms with van der Waals surface area (Å²) in [5, 5.41) is 0. The number of carbonyl (C=O) groups is 1. The topological polar surface area (TPSA) is 70.8 Å². The van der Waals surface area contributed by atoms with Gasteiger partial charge in [-0.15, -0.1) is 12.4 Å². The Morgan fingerprint density at radius 1 is 1.10 bits per heavy atom. The van der Waals surface area contributed by atoms with Crippen LogP contribution in [0.4, 0.5) is 0 Å². The Morgan fingerprint density at radius 3 is 1.90 bits per heavy atom. The Kier molecular flexibility index (Phi) is 6.82. The summed E-state index contributed by atoms with van der Waals surface area (Å²) >= 11 is 0. The summed E-state index contributed by atoms with van der Waals surface area (Å²) in [6.45, 7) is 3.49. The van der Waals surface area contributed by atoms with Gasteiger partial charge in [-0.1, -0.05) is 0 Å². The van der Waals surface area contributed by atoms with Gasteiger partial charge in [-0.2, -0.15) is 0 Å². The molecule has 0 fully saturated rings. The van der Waals surface area contributed by atoms with Crippen molar-refractivity contribution in [2.45, 2.75) is 19.9 Å². The summed E-state index contributed by atoms with van der Waals surface area (Å²) in [5.41, 5.74) is 6.10. The molecule has 0 aromatic heterocycles. The number of nitrogens with two attached hydrogens (primary N) is 1. The van der Waals surface area contributed by atoms with Crippen molar-refractivity contribution in [3.05, 3.63) is 23.8 Å². The van der Waals surface area contributed by atoms with E-state index in [0.717, 1.165) is 5.56 Å². The highest BCUT2D eigenvalue weighted by atomic mass is 35.5. The van der Waals surface area contributed by atoms with Crippen LogP contribution in [0.15, 0.2) is 18.2 Å². The zero-order chi connectivity index (χ0) is 14.6. The predicted molar refractivity (Wildman–Crippen MR) is 79.5 cm³/mol. The molecule has 0 radical (unpaired) electrons. The van der Waals surface area contributed by atoms with Gasteiger partial charge in [0.15, 0.2) is 0 Å². The molecule has 5 nitrogen and oxygen atoms in total. The van der Waals surface area contributed by atoms with Crippen LogP contribution in [-0.4, -0.2) is 27.3 Å². The lowest BCUT2D eigenvalue weighted by molar-refractivity contribution is -0.152. The first-order valence-electron chi connectivity index (χ1n) is 5.93. The van der Waals surface area contributed by atoms with Crippen molar-refractivity contribution in [3.8, 4) is 11.5 Å². The highest BCUT2D eigenvalue weighted by Crippen LogP contribution is 2.35. The smallest absolute Gasteiger partial charge is 0.313 e. The lowest BCUT2D eigenvalue weighted by atomic mass is 9.81. The average molecular weight is 304 g/mol. The lowest BCUT2D eigenvalue weighted by Gasteiger charge is -2.29. The molecule has 0 aliphatic carbocycles. The van der Waals surface area contributed by atoms with Gasteiger partial charge in [0, 0.05) is 12.1 Å². The largest absolute Gasteiger partial charge is 0.497 e. The van der Waals surface area contributed by atoms with Crippen molar-refractivity contribution in [2.24, 2.45) is 11.1 Å². The molecule has 0 saturated carbocycles. The van der Waals surface area contributed by atoms with Crippen LogP contribution in [0.3, 0.4) is 0 Å². The Hall–Kier alpha value is -1.46. The third-order valence-corrected chi connectivity index (χ3v) is 3.22. The molecule has 20 heavy (non-hydrogen) atoms. The highest BCUT2D eigenvalue weighted by Gasteiger charge is 2.37. The van der Waals surface area contributed by atoms with E-state index in [4.69, 9.17) is 19.9 Å². The molecule has 0 aliphatic heterocycles. The van der Waals surface area contributed by atoms with E-state index in [1.165, 1.54) is 7.11 Å². The average Bonchev–Trinajstić information content (AvgIpc) is 2.44. The molecular weight excluding hydrogens is 282 g/mol. The first kappa shape index (κ1) is 18.5. The van der Waals surface area contributed by atoms with Crippen molar-refractivity contribution in [3.63, 3.8) is 0 Å². The summed E-state index contributed by atoms with van der Waals surface area (Å²) in [7, 11) is 4.48. The molecule has 114 valence electrons. The van der Waals surface area contributed by atoms with E-state index in [-0.39, 0.29) is 18.4 Å². The van der Waals surface area contributed by atoms with Crippen molar-refractivity contribution in [2.75, 3.05) is 21.3 Å². The Bertz CT molecular complexity index is 440. The van der Waals surface area contributed by atoms with Gasteiger partial charge in [-0.3, -0.25) is 4.79 Å². The summed E-state index contributed by atoms with van der Waals surface area (Å²) in [6, 6.07) is 4.81. The highest BCUT2D eigenvalue weighted by molar-refractivity contribution is 5.85. The number of halogens is 1. The predicted octanol–water partition coefficient (Wildman–Crippen LogP) is 2.32. The molecule has 0 heterocycles. The maximum absolute atomic E-state index is 11.8. The quantitative estimate of drug-likeness (QED) is 0.845. The van der Waals surface area contributed by atoms with Crippen molar-refractivity contribution >= 4 is 18.4 Å². The number of rotatable bonds is 5. The first-order chi connectivity index (χ1) is 8.86. The SMILES string of the molecule is COC(=O)C(C)(C)[C@@H](N)c1cc(OC)cc(OC)c1.Cl. The van der Waals surface area contributed by atoms with Crippen molar-refractivity contribution in [1.29, 1.82) is 0 Å². The second-order valence-electron chi connectivity index (χ2n) is 4.84. The molecule has 0 amide bonds. The maximum atomic E-state index is 11.8. The molecule has 0 saturated heterocycles. The molecular formula is C14H22ClNO4. The number of benzene rings is 1. The number of esters is 1. The normalized spacial score (nSPS) is 12.1. The van der Waals surface area contributed by atoms with Gasteiger partial charge in [0.2, 0.25) is 0 Å². The van der Waals surface area contributed by atoms with Gasteiger partial charge in [-0.05, 0) is 31.5 Å². The summed E-state index contributed by atoms with van der Waals surface area (Å²) in [4.78, 5) is 11.8. The number of ether oxygens (including phenoxy) is 3.